The Bertz CT molecular complexity index is 328. The number of halogens is 1. The van der Waals surface area contributed by atoms with Crippen molar-refractivity contribution in [3.63, 3.8) is 0 Å². The predicted octanol–water partition coefficient (Wildman–Crippen LogP) is 3.72. The zero-order valence-electron chi connectivity index (χ0n) is 10.0. The molecule has 0 saturated carbocycles. The highest BCUT2D eigenvalue weighted by atomic mass is 79.9. The Hall–Kier alpha value is -0.540. The quantitative estimate of drug-likeness (QED) is 0.865. The van der Waals surface area contributed by atoms with Gasteiger partial charge in [-0.1, -0.05) is 36.2 Å². The first kappa shape index (κ1) is 13.5. The van der Waals surface area contributed by atoms with Crippen LogP contribution in [-0.4, -0.2) is 6.61 Å². The molecule has 90 valence electrons. The zero-order chi connectivity index (χ0) is 12.0. The molecule has 2 N–H and O–H groups in total. The minimum absolute atomic E-state index is 0.542. The Labute approximate surface area is 106 Å². The maximum atomic E-state index is 5.76. The molecule has 1 atom stereocenters. The summed E-state index contributed by atoms with van der Waals surface area (Å²) in [5.74, 6) is 1.50. The van der Waals surface area contributed by atoms with Gasteiger partial charge in [0.25, 0.3) is 0 Å². The van der Waals surface area contributed by atoms with Gasteiger partial charge in [0.1, 0.15) is 5.75 Å². The zero-order valence-corrected chi connectivity index (χ0v) is 11.6. The van der Waals surface area contributed by atoms with Crippen LogP contribution in [-0.2, 0) is 6.54 Å². The minimum Gasteiger partial charge on any atom is -0.493 e. The lowest BCUT2D eigenvalue weighted by Gasteiger charge is -2.13. The van der Waals surface area contributed by atoms with E-state index in [9.17, 15) is 0 Å². The third-order valence-electron chi connectivity index (χ3n) is 2.48. The van der Waals surface area contributed by atoms with E-state index >= 15 is 0 Å². The molecule has 1 aromatic rings. The fraction of sp³-hybridized carbons (Fsp3) is 0.538. The summed E-state index contributed by atoms with van der Waals surface area (Å²) < 4.78 is 6.78. The summed E-state index contributed by atoms with van der Waals surface area (Å²) in [6, 6.07) is 6.00. The molecule has 0 radical (unpaired) electrons. The Kier molecular flexibility index (Phi) is 5.85. The maximum Gasteiger partial charge on any atom is 0.120 e. The first-order valence-corrected chi connectivity index (χ1v) is 6.57. The average molecular weight is 286 g/mol. The molecule has 0 amide bonds. The van der Waals surface area contributed by atoms with Crippen molar-refractivity contribution in [1.82, 2.24) is 0 Å². The Morgan fingerprint density at radius 3 is 2.75 bits per heavy atom. The summed E-state index contributed by atoms with van der Waals surface area (Å²) in [6.07, 6.45) is 2.41. The van der Waals surface area contributed by atoms with Gasteiger partial charge in [0, 0.05) is 11.0 Å². The topological polar surface area (TPSA) is 35.2 Å². The molecule has 0 fully saturated rings. The molecule has 1 unspecified atom stereocenters. The highest BCUT2D eigenvalue weighted by Gasteiger charge is 2.03. The van der Waals surface area contributed by atoms with E-state index in [1.165, 1.54) is 12.8 Å². The summed E-state index contributed by atoms with van der Waals surface area (Å²) in [5.41, 5.74) is 6.71. The maximum absolute atomic E-state index is 5.76. The average Bonchev–Trinajstić information content (AvgIpc) is 2.26. The van der Waals surface area contributed by atoms with Crippen LogP contribution in [0, 0.1) is 5.92 Å². The first-order valence-electron chi connectivity index (χ1n) is 5.78. The van der Waals surface area contributed by atoms with Gasteiger partial charge in [-0.15, -0.1) is 0 Å². The van der Waals surface area contributed by atoms with Crippen LogP contribution in [0.5, 0.6) is 5.75 Å². The van der Waals surface area contributed by atoms with E-state index in [0.717, 1.165) is 22.4 Å². The molecule has 0 heterocycles. The van der Waals surface area contributed by atoms with Crippen LogP contribution in [0.15, 0.2) is 22.7 Å². The van der Waals surface area contributed by atoms with Gasteiger partial charge in [0.2, 0.25) is 0 Å². The fourth-order valence-corrected chi connectivity index (χ4v) is 2.16. The third-order valence-corrected chi connectivity index (χ3v) is 2.94. The van der Waals surface area contributed by atoms with E-state index in [1.54, 1.807) is 0 Å². The lowest BCUT2D eigenvalue weighted by atomic mass is 10.1. The van der Waals surface area contributed by atoms with Gasteiger partial charge in [-0.3, -0.25) is 0 Å². The Balaban J connectivity index is 2.56. The van der Waals surface area contributed by atoms with Crippen molar-refractivity contribution in [3.05, 3.63) is 28.2 Å². The SMILES string of the molecule is CCCC(C)COc1cc(Br)cc(CN)c1. The molecule has 2 nitrogen and oxygen atoms in total. The number of nitrogens with two attached hydrogens (primary N) is 1. The number of ether oxygens (including phenoxy) is 1. The molecule has 3 heteroatoms. The van der Waals surface area contributed by atoms with Gasteiger partial charge in [-0.2, -0.15) is 0 Å². The second-order valence-electron chi connectivity index (χ2n) is 4.20. The highest BCUT2D eigenvalue weighted by Crippen LogP contribution is 2.22. The lowest BCUT2D eigenvalue weighted by molar-refractivity contribution is 0.251. The molecule has 16 heavy (non-hydrogen) atoms. The summed E-state index contributed by atoms with van der Waals surface area (Å²) in [7, 11) is 0. The van der Waals surface area contributed by atoms with Gasteiger partial charge in [-0.05, 0) is 36.1 Å². The van der Waals surface area contributed by atoms with E-state index in [0.29, 0.717) is 12.5 Å². The van der Waals surface area contributed by atoms with Crippen LogP contribution >= 0.6 is 15.9 Å². The molecule has 0 aliphatic heterocycles. The van der Waals surface area contributed by atoms with E-state index in [2.05, 4.69) is 29.8 Å². The number of rotatable bonds is 6. The van der Waals surface area contributed by atoms with Crippen molar-refractivity contribution in [3.8, 4) is 5.75 Å². The number of benzene rings is 1. The second kappa shape index (κ2) is 6.92. The Morgan fingerprint density at radius 1 is 1.38 bits per heavy atom. The first-order chi connectivity index (χ1) is 7.65. The van der Waals surface area contributed by atoms with Gasteiger partial charge in [0.05, 0.1) is 6.61 Å². The molecule has 0 saturated heterocycles. The van der Waals surface area contributed by atoms with Crippen molar-refractivity contribution in [2.75, 3.05) is 6.61 Å². The molecule has 0 bridgehead atoms. The van der Waals surface area contributed by atoms with Crippen LogP contribution in [0.25, 0.3) is 0 Å². The van der Waals surface area contributed by atoms with Crippen molar-refractivity contribution < 1.29 is 4.74 Å². The summed E-state index contributed by atoms with van der Waals surface area (Å²) in [5, 5.41) is 0. The number of hydrogen-bond acceptors (Lipinski definition) is 2. The molecular formula is C13H20BrNO. The van der Waals surface area contributed by atoms with E-state index < -0.39 is 0 Å². The normalized spacial score (nSPS) is 12.5. The third kappa shape index (κ3) is 4.54. The second-order valence-corrected chi connectivity index (χ2v) is 5.12. The summed E-state index contributed by atoms with van der Waals surface area (Å²) in [4.78, 5) is 0. The smallest absolute Gasteiger partial charge is 0.120 e. The van der Waals surface area contributed by atoms with Crippen molar-refractivity contribution >= 4 is 15.9 Å². The van der Waals surface area contributed by atoms with E-state index in [-0.39, 0.29) is 0 Å². The van der Waals surface area contributed by atoms with Gasteiger partial charge in [0.15, 0.2) is 0 Å². The predicted molar refractivity (Wildman–Crippen MR) is 71.6 cm³/mol. The molecule has 0 aliphatic carbocycles. The van der Waals surface area contributed by atoms with Crippen LogP contribution < -0.4 is 10.5 Å². The highest BCUT2D eigenvalue weighted by molar-refractivity contribution is 9.10. The van der Waals surface area contributed by atoms with Gasteiger partial charge in [-0.25, -0.2) is 0 Å². The van der Waals surface area contributed by atoms with Gasteiger partial charge < -0.3 is 10.5 Å². The van der Waals surface area contributed by atoms with Gasteiger partial charge >= 0.3 is 0 Å². The molecule has 0 aromatic heterocycles. The van der Waals surface area contributed by atoms with Crippen LogP contribution in [0.1, 0.15) is 32.3 Å². The molecule has 0 spiro atoms. The molecule has 0 aliphatic rings. The molecular weight excluding hydrogens is 266 g/mol. The van der Waals surface area contributed by atoms with Crippen molar-refractivity contribution in [1.29, 1.82) is 0 Å². The van der Waals surface area contributed by atoms with E-state index in [4.69, 9.17) is 10.5 Å². The lowest BCUT2D eigenvalue weighted by Crippen LogP contribution is -2.08. The van der Waals surface area contributed by atoms with Crippen LogP contribution in [0.3, 0.4) is 0 Å². The van der Waals surface area contributed by atoms with Crippen molar-refractivity contribution in [2.24, 2.45) is 11.7 Å². The molecule has 1 aromatic carbocycles. The summed E-state index contributed by atoms with van der Waals surface area (Å²) >= 11 is 3.46. The van der Waals surface area contributed by atoms with Crippen molar-refractivity contribution in [2.45, 2.75) is 33.2 Å². The van der Waals surface area contributed by atoms with Crippen LogP contribution in [0.4, 0.5) is 0 Å². The Morgan fingerprint density at radius 2 is 2.12 bits per heavy atom. The molecule has 1 rings (SSSR count). The monoisotopic (exact) mass is 285 g/mol. The largest absolute Gasteiger partial charge is 0.493 e. The van der Waals surface area contributed by atoms with E-state index in [1.807, 2.05) is 18.2 Å². The minimum atomic E-state index is 0.542. The summed E-state index contributed by atoms with van der Waals surface area (Å²) in [6.45, 7) is 5.72. The van der Waals surface area contributed by atoms with Crippen LogP contribution in [0.2, 0.25) is 0 Å². The number of hydrogen-bond donors (Lipinski definition) is 1. The fourth-order valence-electron chi connectivity index (χ4n) is 1.64. The standard InChI is InChI=1S/C13H20BrNO/c1-3-4-10(2)9-16-13-6-11(8-15)5-12(14)7-13/h5-7,10H,3-4,8-9,15H2,1-2H3.